The molecule has 0 saturated heterocycles. The van der Waals surface area contributed by atoms with Crippen LogP contribution in [0, 0.1) is 29.1 Å². The van der Waals surface area contributed by atoms with E-state index in [2.05, 4.69) is 4.18 Å². The molecule has 1 unspecified atom stereocenters. The zero-order valence-corrected chi connectivity index (χ0v) is 21.2. The van der Waals surface area contributed by atoms with Gasteiger partial charge in [0.25, 0.3) is 0 Å². The fourth-order valence-corrected chi connectivity index (χ4v) is 5.31. The molecule has 0 aliphatic carbocycles. The molecule has 216 valence electrons. The number of halogens is 9. The Labute approximate surface area is 222 Å². The van der Waals surface area contributed by atoms with Gasteiger partial charge in [0, 0.05) is 17.5 Å². The lowest BCUT2D eigenvalue weighted by atomic mass is 9.82. The molecule has 0 fully saturated rings. The van der Waals surface area contributed by atoms with Crippen molar-refractivity contribution in [2.24, 2.45) is 0 Å². The molecule has 0 spiro atoms. The number of hydrogen-bond donors (Lipinski definition) is 0. The first-order valence-corrected chi connectivity index (χ1v) is 13.1. The minimum Gasteiger partial charge on any atom is -0.493 e. The summed E-state index contributed by atoms with van der Waals surface area (Å²) in [5, 5.41) is 0. The third kappa shape index (κ3) is 5.72. The van der Waals surface area contributed by atoms with Crippen LogP contribution in [-0.2, 0) is 22.7 Å². The molecule has 40 heavy (non-hydrogen) atoms. The van der Waals surface area contributed by atoms with Gasteiger partial charge in [0.05, 0.1) is 18.3 Å². The molecule has 3 aromatic carbocycles. The average Bonchev–Trinajstić information content (AvgIpc) is 2.90. The van der Waals surface area contributed by atoms with E-state index in [-0.39, 0.29) is 37.2 Å². The van der Waals surface area contributed by atoms with Crippen molar-refractivity contribution in [2.45, 2.75) is 49.3 Å². The summed E-state index contributed by atoms with van der Waals surface area (Å²) in [5.74, 6) is -15.0. The van der Waals surface area contributed by atoms with E-state index in [0.717, 1.165) is 24.3 Å². The van der Waals surface area contributed by atoms with E-state index in [4.69, 9.17) is 4.74 Å². The molecule has 0 amide bonds. The summed E-state index contributed by atoms with van der Waals surface area (Å²) in [5.41, 5.74) is 0.0995. The zero-order valence-electron chi connectivity index (χ0n) is 20.4. The molecule has 0 bridgehead atoms. The van der Waals surface area contributed by atoms with E-state index in [0.29, 0.717) is 11.1 Å². The molecule has 0 N–H and O–H groups in total. The van der Waals surface area contributed by atoms with E-state index in [1.165, 1.54) is 19.1 Å². The minimum atomic E-state index is -5.15. The maximum absolute atomic E-state index is 14.0. The topological polar surface area (TPSA) is 52.6 Å². The van der Waals surface area contributed by atoms with Crippen LogP contribution in [0.5, 0.6) is 11.5 Å². The van der Waals surface area contributed by atoms with E-state index < -0.39 is 73.7 Å². The largest absolute Gasteiger partial charge is 0.493 e. The lowest BCUT2D eigenvalue weighted by Crippen LogP contribution is -2.19. The summed E-state index contributed by atoms with van der Waals surface area (Å²) in [6.45, 7) is 1.26. The molecule has 3 aromatic rings. The molecule has 1 heterocycles. The monoisotopic (exact) mass is 598 g/mol. The van der Waals surface area contributed by atoms with Crippen LogP contribution >= 0.6 is 0 Å². The first-order chi connectivity index (χ1) is 18.6. The summed E-state index contributed by atoms with van der Waals surface area (Å²) in [6.07, 6.45) is -5.71. The minimum absolute atomic E-state index is 0.00810. The van der Waals surface area contributed by atoms with Gasteiger partial charge in [-0.1, -0.05) is 12.1 Å². The van der Waals surface area contributed by atoms with Crippen LogP contribution < -0.4 is 8.92 Å². The van der Waals surface area contributed by atoms with Crippen molar-refractivity contribution >= 4 is 10.1 Å². The molecule has 2 atom stereocenters. The first-order valence-electron chi connectivity index (χ1n) is 11.7. The van der Waals surface area contributed by atoms with Crippen molar-refractivity contribution in [2.75, 3.05) is 6.61 Å². The Morgan fingerprint density at radius 1 is 0.925 bits per heavy atom. The highest BCUT2D eigenvalue weighted by Gasteiger charge is 2.34. The van der Waals surface area contributed by atoms with Gasteiger partial charge < -0.3 is 8.92 Å². The van der Waals surface area contributed by atoms with Crippen LogP contribution in [0.3, 0.4) is 0 Å². The quantitative estimate of drug-likeness (QED) is 0.123. The second-order valence-corrected chi connectivity index (χ2v) is 10.6. The van der Waals surface area contributed by atoms with Crippen LogP contribution in [0.1, 0.15) is 47.9 Å². The van der Waals surface area contributed by atoms with Gasteiger partial charge in [0.1, 0.15) is 10.6 Å². The van der Waals surface area contributed by atoms with Gasteiger partial charge >= 0.3 is 16.3 Å². The summed E-state index contributed by atoms with van der Waals surface area (Å²) < 4.78 is 157. The standard InChI is InChI=1S/C26H19F9O4S/c1-12(27)2-3-13-10-14(26(33,34)35)4-6-16(13)17-8-9-38-19-11-15(5-7-18(17)19)40(36,37)39-25-23(31)21(29)20(28)22(30)24(25)32/h4-7,10-12,17H,2-3,8-9H2,1H3/t12?,17-/m1/s1. The van der Waals surface area contributed by atoms with Gasteiger partial charge in [-0.15, -0.1) is 0 Å². The summed E-state index contributed by atoms with van der Waals surface area (Å²) in [6, 6.07) is 6.13. The van der Waals surface area contributed by atoms with Crippen LogP contribution in [0.2, 0.25) is 0 Å². The van der Waals surface area contributed by atoms with E-state index in [1.54, 1.807) is 0 Å². The van der Waals surface area contributed by atoms with Crippen molar-refractivity contribution in [1.82, 2.24) is 0 Å². The molecular formula is C26H19F9O4S. The maximum Gasteiger partial charge on any atom is 0.416 e. The van der Waals surface area contributed by atoms with Crippen molar-refractivity contribution in [3.8, 4) is 11.5 Å². The smallest absolute Gasteiger partial charge is 0.416 e. The third-order valence-corrected chi connectivity index (χ3v) is 7.55. The maximum atomic E-state index is 14.0. The van der Waals surface area contributed by atoms with Crippen molar-refractivity contribution in [1.29, 1.82) is 0 Å². The lowest BCUT2D eigenvalue weighted by molar-refractivity contribution is -0.137. The Balaban J connectivity index is 1.72. The number of hydrogen-bond acceptors (Lipinski definition) is 4. The number of rotatable bonds is 7. The Hall–Kier alpha value is -3.42. The fourth-order valence-electron chi connectivity index (χ4n) is 4.36. The van der Waals surface area contributed by atoms with Crippen molar-refractivity contribution < 1.29 is 56.9 Å². The molecule has 1 aliphatic heterocycles. The number of fused-ring (bicyclic) bond motifs is 1. The highest BCUT2D eigenvalue weighted by atomic mass is 32.2. The van der Waals surface area contributed by atoms with E-state index in [9.17, 15) is 47.9 Å². The molecular weight excluding hydrogens is 579 g/mol. The normalized spacial score (nSPS) is 16.3. The Bertz CT molecular complexity index is 1520. The molecule has 0 saturated carbocycles. The molecule has 1 aliphatic rings. The number of aryl methyl sites for hydroxylation is 1. The second-order valence-electron chi connectivity index (χ2n) is 9.06. The third-order valence-electron chi connectivity index (χ3n) is 6.33. The van der Waals surface area contributed by atoms with Crippen molar-refractivity contribution in [3.63, 3.8) is 0 Å². The van der Waals surface area contributed by atoms with Gasteiger partial charge in [-0.2, -0.15) is 30.4 Å². The Kier molecular flexibility index (Phi) is 8.03. The van der Waals surface area contributed by atoms with Crippen LogP contribution in [0.25, 0.3) is 0 Å². The highest BCUT2D eigenvalue weighted by Crippen LogP contribution is 2.42. The van der Waals surface area contributed by atoms with Gasteiger partial charge in [-0.05, 0) is 55.5 Å². The number of benzene rings is 3. The predicted octanol–water partition coefficient (Wildman–Crippen LogP) is 7.37. The Morgan fingerprint density at radius 2 is 1.52 bits per heavy atom. The SMILES string of the molecule is CC(F)CCc1cc(C(F)(F)F)ccc1[C@H]1CCOc2cc(S(=O)(=O)Oc3c(F)c(F)c(F)c(F)c3F)ccc21. The number of ether oxygens (including phenoxy) is 1. The van der Waals surface area contributed by atoms with Gasteiger partial charge in [0.15, 0.2) is 0 Å². The molecule has 4 nitrogen and oxygen atoms in total. The Morgan fingerprint density at radius 3 is 2.12 bits per heavy atom. The molecule has 14 heteroatoms. The predicted molar refractivity (Wildman–Crippen MR) is 123 cm³/mol. The van der Waals surface area contributed by atoms with Crippen molar-refractivity contribution in [3.05, 3.63) is 87.7 Å². The first kappa shape index (κ1) is 29.6. The van der Waals surface area contributed by atoms with Gasteiger partial charge in [-0.25, -0.2) is 17.6 Å². The highest BCUT2D eigenvalue weighted by molar-refractivity contribution is 7.87. The van der Waals surface area contributed by atoms with Gasteiger partial charge in [0.2, 0.25) is 34.8 Å². The van der Waals surface area contributed by atoms with Crippen LogP contribution in [-0.4, -0.2) is 21.2 Å². The second kappa shape index (κ2) is 10.9. The number of alkyl halides is 4. The zero-order chi connectivity index (χ0) is 29.6. The van der Waals surface area contributed by atoms with Gasteiger partial charge in [-0.3, -0.25) is 0 Å². The summed E-state index contributed by atoms with van der Waals surface area (Å²) in [7, 11) is -5.15. The molecule has 0 radical (unpaired) electrons. The van der Waals surface area contributed by atoms with Crippen LogP contribution in [0.4, 0.5) is 39.5 Å². The summed E-state index contributed by atoms with van der Waals surface area (Å²) >= 11 is 0. The fraction of sp³-hybridized carbons (Fsp3) is 0.308. The summed E-state index contributed by atoms with van der Waals surface area (Å²) in [4.78, 5) is -0.755. The molecule has 0 aromatic heterocycles. The van der Waals surface area contributed by atoms with E-state index >= 15 is 0 Å². The molecule has 4 rings (SSSR count). The van der Waals surface area contributed by atoms with E-state index in [1.807, 2.05) is 0 Å². The average molecular weight is 598 g/mol. The lowest BCUT2D eigenvalue weighted by Gasteiger charge is -2.29. The van der Waals surface area contributed by atoms with Crippen LogP contribution in [0.15, 0.2) is 41.3 Å².